The topological polar surface area (TPSA) is 89.4 Å². The molecule has 0 saturated heterocycles. The number of hydrogen-bond donors (Lipinski definition) is 1. The maximum atomic E-state index is 12.6. The van der Waals surface area contributed by atoms with E-state index in [1.54, 1.807) is 4.90 Å². The fourth-order valence-electron chi connectivity index (χ4n) is 3.31. The van der Waals surface area contributed by atoms with Gasteiger partial charge in [0, 0.05) is 26.7 Å². The molecule has 28 heavy (non-hydrogen) atoms. The molecule has 1 aromatic carbocycles. The molecule has 8 heteroatoms. The Kier molecular flexibility index (Phi) is 6.41. The summed E-state index contributed by atoms with van der Waals surface area (Å²) in [5, 5.41) is 11.4. The Morgan fingerprint density at radius 2 is 2.00 bits per heavy atom. The molecule has 2 amide bonds. The van der Waals surface area contributed by atoms with Gasteiger partial charge in [0.15, 0.2) is 5.82 Å². The van der Waals surface area contributed by atoms with Crippen molar-refractivity contribution in [1.29, 1.82) is 0 Å². The molecule has 1 N–H and O–H groups in total. The van der Waals surface area contributed by atoms with Crippen molar-refractivity contribution in [2.24, 2.45) is 5.92 Å². The van der Waals surface area contributed by atoms with Crippen LogP contribution in [0.5, 0.6) is 0 Å². The molecule has 0 aliphatic carbocycles. The number of carbonyl (C=O) groups is 2. The summed E-state index contributed by atoms with van der Waals surface area (Å²) < 4.78 is 6.86. The molecular weight excluding hydrogens is 358 g/mol. The Hall–Kier alpha value is -2.74. The molecular formula is C20H27N5O3. The highest BCUT2D eigenvalue weighted by Gasteiger charge is 2.36. The third-order valence-electron chi connectivity index (χ3n) is 5.11. The van der Waals surface area contributed by atoms with E-state index in [-0.39, 0.29) is 24.2 Å². The monoisotopic (exact) mass is 385 g/mol. The van der Waals surface area contributed by atoms with Crippen LogP contribution >= 0.6 is 0 Å². The fraction of sp³-hybridized carbons (Fsp3) is 0.500. The number of aromatic nitrogens is 3. The van der Waals surface area contributed by atoms with Gasteiger partial charge in [0.05, 0.1) is 0 Å². The zero-order valence-electron chi connectivity index (χ0n) is 16.6. The molecule has 8 nitrogen and oxygen atoms in total. The van der Waals surface area contributed by atoms with Crippen molar-refractivity contribution in [2.45, 2.75) is 32.9 Å². The van der Waals surface area contributed by atoms with Crippen molar-refractivity contribution in [3.05, 3.63) is 47.5 Å². The number of fused-ring (bicyclic) bond motifs is 1. The Bertz CT molecular complexity index is 821. The van der Waals surface area contributed by atoms with E-state index >= 15 is 0 Å². The lowest BCUT2D eigenvalue weighted by Crippen LogP contribution is -2.45. The summed E-state index contributed by atoms with van der Waals surface area (Å²) in [6.45, 7) is 5.69. The lowest BCUT2D eigenvalue weighted by molar-refractivity contribution is -0.138. The maximum Gasteiger partial charge on any atom is 0.289 e. The predicted molar refractivity (Wildman–Crippen MR) is 104 cm³/mol. The van der Waals surface area contributed by atoms with Crippen molar-refractivity contribution in [3.63, 3.8) is 0 Å². The average Bonchev–Trinajstić information content (AvgIpc) is 3.16. The molecule has 0 radical (unpaired) electrons. The summed E-state index contributed by atoms with van der Waals surface area (Å²) in [5.41, 5.74) is 0.923. The second kappa shape index (κ2) is 8.97. The van der Waals surface area contributed by atoms with Gasteiger partial charge >= 0.3 is 0 Å². The molecule has 0 unspecified atom stereocenters. The molecule has 0 saturated carbocycles. The third-order valence-corrected chi connectivity index (χ3v) is 5.11. The largest absolute Gasteiger partial charge is 0.375 e. The van der Waals surface area contributed by atoms with E-state index in [0.717, 1.165) is 12.0 Å². The standard InChI is InChI=1S/C20H27N5O3/c1-4-14(2)12-21-20(27)19-23-22-18-17(15-8-6-5-7-9-15)24(10-11-25(18)19)16(26)13-28-3/h5-9,14,17H,4,10-13H2,1-3H3,(H,21,27)/t14-,17-/m1/s1. The predicted octanol–water partition coefficient (Wildman–Crippen LogP) is 1.63. The normalized spacial score (nSPS) is 17.1. The van der Waals surface area contributed by atoms with Crippen LogP contribution in [0.4, 0.5) is 0 Å². The van der Waals surface area contributed by atoms with E-state index in [2.05, 4.69) is 29.4 Å². The molecule has 0 bridgehead atoms. The number of rotatable bonds is 7. The Balaban J connectivity index is 1.92. The molecule has 2 heterocycles. The van der Waals surface area contributed by atoms with Crippen LogP contribution in [-0.4, -0.2) is 58.3 Å². The lowest BCUT2D eigenvalue weighted by atomic mass is 10.0. The van der Waals surface area contributed by atoms with Crippen LogP contribution in [0.1, 0.15) is 48.3 Å². The summed E-state index contributed by atoms with van der Waals surface area (Å²) in [5.74, 6) is 0.927. The summed E-state index contributed by atoms with van der Waals surface area (Å²) in [6, 6.07) is 9.26. The van der Waals surface area contributed by atoms with Crippen LogP contribution in [0.15, 0.2) is 30.3 Å². The molecule has 3 rings (SSSR count). The van der Waals surface area contributed by atoms with E-state index in [1.165, 1.54) is 7.11 Å². The van der Waals surface area contributed by atoms with Gasteiger partial charge < -0.3 is 19.5 Å². The van der Waals surface area contributed by atoms with Gasteiger partial charge in [-0.15, -0.1) is 10.2 Å². The number of amides is 2. The fourth-order valence-corrected chi connectivity index (χ4v) is 3.31. The minimum Gasteiger partial charge on any atom is -0.375 e. The zero-order valence-corrected chi connectivity index (χ0v) is 16.6. The lowest BCUT2D eigenvalue weighted by Gasteiger charge is -2.36. The van der Waals surface area contributed by atoms with Crippen LogP contribution in [0.2, 0.25) is 0 Å². The van der Waals surface area contributed by atoms with E-state index in [0.29, 0.717) is 31.4 Å². The number of nitrogens with zero attached hydrogens (tertiary/aromatic N) is 4. The summed E-state index contributed by atoms with van der Waals surface area (Å²) in [4.78, 5) is 27.0. The molecule has 0 fully saturated rings. The molecule has 2 aromatic rings. The van der Waals surface area contributed by atoms with Crippen molar-refractivity contribution in [3.8, 4) is 0 Å². The highest BCUT2D eigenvalue weighted by molar-refractivity contribution is 5.90. The number of ether oxygens (including phenoxy) is 1. The van der Waals surface area contributed by atoms with Crippen molar-refractivity contribution in [1.82, 2.24) is 25.0 Å². The number of carbonyl (C=O) groups excluding carboxylic acids is 2. The third kappa shape index (κ3) is 4.06. The van der Waals surface area contributed by atoms with Gasteiger partial charge in [-0.1, -0.05) is 50.6 Å². The minimum atomic E-state index is -0.402. The van der Waals surface area contributed by atoms with Gasteiger partial charge in [-0.05, 0) is 11.5 Å². The van der Waals surface area contributed by atoms with Crippen LogP contribution in [0.25, 0.3) is 0 Å². The maximum absolute atomic E-state index is 12.6. The van der Waals surface area contributed by atoms with Crippen molar-refractivity contribution < 1.29 is 14.3 Å². The van der Waals surface area contributed by atoms with E-state index in [1.807, 2.05) is 34.9 Å². The molecule has 1 aliphatic rings. The van der Waals surface area contributed by atoms with E-state index in [4.69, 9.17) is 4.74 Å². The Labute approximate surface area is 164 Å². The van der Waals surface area contributed by atoms with Crippen molar-refractivity contribution in [2.75, 3.05) is 26.8 Å². The van der Waals surface area contributed by atoms with E-state index < -0.39 is 6.04 Å². The van der Waals surface area contributed by atoms with Gasteiger partial charge in [0.2, 0.25) is 11.7 Å². The smallest absolute Gasteiger partial charge is 0.289 e. The first-order chi connectivity index (χ1) is 13.6. The molecule has 1 aromatic heterocycles. The van der Waals surface area contributed by atoms with Gasteiger partial charge in [-0.2, -0.15) is 0 Å². The first kappa shape index (κ1) is 20.0. The van der Waals surface area contributed by atoms with Gasteiger partial charge in [-0.25, -0.2) is 0 Å². The van der Waals surface area contributed by atoms with Crippen LogP contribution in [-0.2, 0) is 16.1 Å². The molecule has 2 atom stereocenters. The quantitative estimate of drug-likeness (QED) is 0.783. The summed E-state index contributed by atoms with van der Waals surface area (Å²) in [6.07, 6.45) is 0.991. The second-order valence-electron chi connectivity index (χ2n) is 7.09. The molecule has 0 spiro atoms. The van der Waals surface area contributed by atoms with Crippen LogP contribution < -0.4 is 5.32 Å². The van der Waals surface area contributed by atoms with Gasteiger partial charge in [-0.3, -0.25) is 9.59 Å². The Morgan fingerprint density at radius 3 is 2.68 bits per heavy atom. The number of nitrogens with one attached hydrogen (secondary N) is 1. The van der Waals surface area contributed by atoms with Crippen LogP contribution in [0.3, 0.4) is 0 Å². The summed E-state index contributed by atoms with van der Waals surface area (Å²) in [7, 11) is 1.50. The van der Waals surface area contributed by atoms with Crippen molar-refractivity contribution >= 4 is 11.8 Å². The highest BCUT2D eigenvalue weighted by Crippen LogP contribution is 2.31. The van der Waals surface area contributed by atoms with Gasteiger partial charge in [0.25, 0.3) is 5.91 Å². The molecule has 150 valence electrons. The number of methoxy groups -OCH3 is 1. The second-order valence-corrected chi connectivity index (χ2v) is 7.09. The van der Waals surface area contributed by atoms with E-state index in [9.17, 15) is 9.59 Å². The first-order valence-electron chi connectivity index (χ1n) is 9.61. The molecule has 1 aliphatic heterocycles. The first-order valence-corrected chi connectivity index (χ1v) is 9.61. The van der Waals surface area contributed by atoms with Crippen LogP contribution in [0, 0.1) is 5.92 Å². The number of hydrogen-bond acceptors (Lipinski definition) is 5. The SMILES string of the molecule is CC[C@@H](C)CNC(=O)c1nnc2n1CCN(C(=O)COC)[C@@H]2c1ccccc1. The average molecular weight is 385 g/mol. The summed E-state index contributed by atoms with van der Waals surface area (Å²) >= 11 is 0. The Morgan fingerprint density at radius 1 is 1.25 bits per heavy atom. The highest BCUT2D eigenvalue weighted by atomic mass is 16.5. The van der Waals surface area contributed by atoms with Gasteiger partial charge in [0.1, 0.15) is 12.6 Å². The zero-order chi connectivity index (χ0) is 20.1. The number of benzene rings is 1. The minimum absolute atomic E-state index is 0.000278.